The van der Waals surface area contributed by atoms with Crippen LogP contribution in [-0.2, 0) is 14.3 Å². The molecule has 5 nitrogen and oxygen atoms in total. The number of esters is 1. The first-order chi connectivity index (χ1) is 12.2. The minimum atomic E-state index is -0.352. The van der Waals surface area contributed by atoms with Gasteiger partial charge in [0.1, 0.15) is 6.61 Å². The second kappa shape index (κ2) is 13.9. The lowest BCUT2D eigenvalue weighted by atomic mass is 10.0. The van der Waals surface area contributed by atoms with Crippen LogP contribution in [0.2, 0.25) is 0 Å². The zero-order valence-corrected chi connectivity index (χ0v) is 15.9. The van der Waals surface area contributed by atoms with E-state index in [0.717, 1.165) is 12.8 Å². The van der Waals surface area contributed by atoms with Crippen molar-refractivity contribution in [3.8, 4) is 0 Å². The van der Waals surface area contributed by atoms with Crippen LogP contribution in [0, 0.1) is 0 Å². The molecule has 0 spiro atoms. The highest BCUT2D eigenvalue weighted by Gasteiger charge is 2.21. The van der Waals surface area contributed by atoms with E-state index >= 15 is 0 Å². The molecule has 0 unspecified atom stereocenters. The number of hydrogen-bond donors (Lipinski definition) is 2. The third-order valence-corrected chi connectivity index (χ3v) is 4.87. The van der Waals surface area contributed by atoms with Crippen LogP contribution in [0.25, 0.3) is 0 Å². The van der Waals surface area contributed by atoms with Crippen LogP contribution in [0.3, 0.4) is 0 Å². The predicted molar refractivity (Wildman–Crippen MR) is 101 cm³/mol. The van der Waals surface area contributed by atoms with Gasteiger partial charge >= 0.3 is 5.97 Å². The Balaban J connectivity index is 2.41. The third-order valence-electron chi connectivity index (χ3n) is 4.87. The molecule has 0 saturated heterocycles. The van der Waals surface area contributed by atoms with Crippen molar-refractivity contribution < 1.29 is 14.3 Å². The fourth-order valence-corrected chi connectivity index (χ4v) is 3.33. The molecule has 0 radical (unpaired) electrons. The molecular formula is C20H36N2O3. The summed E-state index contributed by atoms with van der Waals surface area (Å²) < 4.78 is 4.97. The van der Waals surface area contributed by atoms with Gasteiger partial charge in [0.25, 0.3) is 0 Å². The van der Waals surface area contributed by atoms with Crippen molar-refractivity contribution in [2.24, 2.45) is 0 Å². The van der Waals surface area contributed by atoms with Crippen molar-refractivity contribution in [2.45, 2.75) is 89.1 Å². The van der Waals surface area contributed by atoms with E-state index in [-0.39, 0.29) is 37.0 Å². The minimum Gasteiger partial charge on any atom is -0.461 e. The molecule has 144 valence electrons. The van der Waals surface area contributed by atoms with E-state index in [1.165, 1.54) is 51.4 Å². The van der Waals surface area contributed by atoms with E-state index in [1.54, 1.807) is 13.1 Å². The first-order valence-corrected chi connectivity index (χ1v) is 9.91. The van der Waals surface area contributed by atoms with E-state index in [4.69, 9.17) is 4.74 Å². The Morgan fingerprint density at radius 3 is 2.16 bits per heavy atom. The summed E-state index contributed by atoms with van der Waals surface area (Å²) in [5.41, 5.74) is 0. The summed E-state index contributed by atoms with van der Waals surface area (Å²) in [7, 11) is 1.76. The number of likely N-dealkylation sites (N-methyl/N-ethyl adjacent to an activating group) is 1. The van der Waals surface area contributed by atoms with E-state index in [1.807, 2.05) is 0 Å². The van der Waals surface area contributed by atoms with Gasteiger partial charge in [0.2, 0.25) is 5.91 Å². The van der Waals surface area contributed by atoms with Gasteiger partial charge in [-0.15, -0.1) is 0 Å². The summed E-state index contributed by atoms with van der Waals surface area (Å²) in [4.78, 5) is 24.1. The summed E-state index contributed by atoms with van der Waals surface area (Å²) in [6.45, 7) is 3.74. The predicted octanol–water partition coefficient (Wildman–Crippen LogP) is 3.48. The summed E-state index contributed by atoms with van der Waals surface area (Å²) in [5, 5.41) is 6.23. The van der Waals surface area contributed by atoms with Crippen molar-refractivity contribution in [3.05, 3.63) is 12.7 Å². The number of carbonyl (C=O) groups is 2. The number of carbonyl (C=O) groups excluding carboxylic acids is 2. The van der Waals surface area contributed by atoms with Crippen molar-refractivity contribution >= 4 is 11.9 Å². The Kier molecular flexibility index (Phi) is 12.0. The van der Waals surface area contributed by atoms with Gasteiger partial charge in [0.05, 0.1) is 6.04 Å². The molecule has 25 heavy (non-hydrogen) atoms. The van der Waals surface area contributed by atoms with Crippen LogP contribution in [0.1, 0.15) is 77.0 Å². The molecule has 0 bridgehead atoms. The maximum Gasteiger partial charge on any atom is 0.306 e. The highest BCUT2D eigenvalue weighted by atomic mass is 16.5. The Morgan fingerprint density at radius 1 is 1.08 bits per heavy atom. The topological polar surface area (TPSA) is 67.4 Å². The lowest BCUT2D eigenvalue weighted by Gasteiger charge is -2.22. The van der Waals surface area contributed by atoms with E-state index in [9.17, 15) is 9.59 Å². The summed E-state index contributed by atoms with van der Waals surface area (Å²) >= 11 is 0. The van der Waals surface area contributed by atoms with Crippen LogP contribution in [0.4, 0.5) is 0 Å². The fraction of sp³-hybridized carbons (Fsp3) is 0.800. The van der Waals surface area contributed by atoms with Crippen LogP contribution in [0.5, 0.6) is 0 Å². The van der Waals surface area contributed by atoms with Crippen LogP contribution < -0.4 is 10.6 Å². The van der Waals surface area contributed by atoms with Gasteiger partial charge in [0.15, 0.2) is 0 Å². The maximum atomic E-state index is 12.5. The van der Waals surface area contributed by atoms with Crippen molar-refractivity contribution in [2.75, 3.05) is 13.7 Å². The molecule has 1 fully saturated rings. The minimum absolute atomic E-state index is 0.00103. The van der Waals surface area contributed by atoms with Gasteiger partial charge in [0, 0.05) is 12.5 Å². The van der Waals surface area contributed by atoms with E-state index in [2.05, 4.69) is 17.2 Å². The second-order valence-electron chi connectivity index (χ2n) is 6.96. The van der Waals surface area contributed by atoms with Crippen molar-refractivity contribution in [1.29, 1.82) is 0 Å². The van der Waals surface area contributed by atoms with Gasteiger partial charge in [-0.1, -0.05) is 64.0 Å². The molecule has 1 rings (SSSR count). The number of ether oxygens (including phenoxy) is 1. The van der Waals surface area contributed by atoms with E-state index < -0.39 is 0 Å². The number of amides is 1. The molecule has 1 saturated carbocycles. The molecule has 0 aliphatic heterocycles. The fourth-order valence-electron chi connectivity index (χ4n) is 3.33. The van der Waals surface area contributed by atoms with Crippen LogP contribution >= 0.6 is 0 Å². The average molecular weight is 353 g/mol. The smallest absolute Gasteiger partial charge is 0.306 e. The first kappa shape index (κ1) is 21.7. The average Bonchev–Trinajstić information content (AvgIpc) is 2.66. The van der Waals surface area contributed by atoms with Gasteiger partial charge in [-0.3, -0.25) is 9.59 Å². The molecule has 0 aromatic rings. The Labute approximate surface area is 153 Å². The number of nitrogens with one attached hydrogen (secondary N) is 2. The molecule has 1 atom stereocenters. The number of hydrogen-bond acceptors (Lipinski definition) is 4. The van der Waals surface area contributed by atoms with Gasteiger partial charge in [-0.2, -0.15) is 0 Å². The Hall–Kier alpha value is -1.36. The highest BCUT2D eigenvalue weighted by molar-refractivity contribution is 5.82. The summed E-state index contributed by atoms with van der Waals surface area (Å²) in [5.74, 6) is -0.290. The largest absolute Gasteiger partial charge is 0.461 e. The molecule has 0 aromatic carbocycles. The first-order valence-electron chi connectivity index (χ1n) is 9.91. The van der Waals surface area contributed by atoms with Crippen molar-refractivity contribution in [1.82, 2.24) is 10.6 Å². The molecule has 1 amide bonds. The van der Waals surface area contributed by atoms with Crippen molar-refractivity contribution in [3.63, 3.8) is 0 Å². The quantitative estimate of drug-likeness (QED) is 0.518. The Morgan fingerprint density at radius 2 is 1.64 bits per heavy atom. The summed E-state index contributed by atoms with van der Waals surface area (Å²) in [6.07, 6.45) is 14.6. The van der Waals surface area contributed by atoms with Gasteiger partial charge in [-0.25, -0.2) is 0 Å². The normalized spacial score (nSPS) is 18.6. The SMILES string of the molecule is C=CCOC(=O)CC[C@H](NC)C(=O)NC1CCCCCCCCCC1. The molecule has 0 aromatic heterocycles. The molecular weight excluding hydrogens is 316 g/mol. The molecule has 1 aliphatic carbocycles. The lowest BCUT2D eigenvalue weighted by molar-refractivity contribution is -0.142. The molecule has 2 N–H and O–H groups in total. The highest BCUT2D eigenvalue weighted by Crippen LogP contribution is 2.17. The lowest BCUT2D eigenvalue weighted by Crippen LogP contribution is -2.47. The van der Waals surface area contributed by atoms with Crippen LogP contribution in [0.15, 0.2) is 12.7 Å². The Bertz CT molecular complexity index is 386. The second-order valence-corrected chi connectivity index (χ2v) is 6.96. The maximum absolute atomic E-state index is 12.5. The zero-order valence-electron chi connectivity index (χ0n) is 15.9. The molecule has 5 heteroatoms. The summed E-state index contributed by atoms with van der Waals surface area (Å²) in [6, 6.07) is -0.0939. The molecule has 1 aliphatic rings. The van der Waals surface area contributed by atoms with Crippen LogP contribution in [-0.4, -0.2) is 37.6 Å². The van der Waals surface area contributed by atoms with Gasteiger partial charge < -0.3 is 15.4 Å². The van der Waals surface area contributed by atoms with E-state index in [0.29, 0.717) is 6.42 Å². The zero-order chi connectivity index (χ0) is 18.3. The monoisotopic (exact) mass is 352 g/mol. The number of rotatable bonds is 8. The van der Waals surface area contributed by atoms with Gasteiger partial charge in [-0.05, 0) is 26.3 Å². The standard InChI is InChI=1S/C20H36N2O3/c1-3-16-25-19(23)15-14-18(21-2)20(24)22-17-12-10-8-6-4-5-7-9-11-13-17/h3,17-18,21H,1,4-16H2,2H3,(H,22,24)/t18-/m0/s1. The third kappa shape index (κ3) is 10.3. The molecule has 0 heterocycles.